The highest BCUT2D eigenvalue weighted by Crippen LogP contribution is 2.52. The van der Waals surface area contributed by atoms with Crippen molar-refractivity contribution in [3.63, 3.8) is 0 Å². The van der Waals surface area contributed by atoms with Crippen molar-refractivity contribution < 1.29 is 14.3 Å². The number of aromatic nitrogens is 3. The topological polar surface area (TPSA) is 96.8 Å². The summed E-state index contributed by atoms with van der Waals surface area (Å²) in [5.74, 6) is -0.580. The Balaban J connectivity index is 1.72. The highest BCUT2D eigenvalue weighted by molar-refractivity contribution is 5.95. The lowest BCUT2D eigenvalue weighted by molar-refractivity contribution is -0.157. The second kappa shape index (κ2) is 6.21. The Hall–Kier alpha value is -2.64. The molecule has 0 aromatic carbocycles. The summed E-state index contributed by atoms with van der Waals surface area (Å²) in [6, 6.07) is 1.47. The predicted molar refractivity (Wildman–Crippen MR) is 97.5 cm³/mol. The van der Waals surface area contributed by atoms with Crippen molar-refractivity contribution in [1.29, 1.82) is 0 Å². The Bertz CT molecular complexity index is 978. The Morgan fingerprint density at radius 2 is 2.15 bits per heavy atom. The summed E-state index contributed by atoms with van der Waals surface area (Å²) in [7, 11) is 0. The second-order valence-corrected chi connectivity index (χ2v) is 7.50. The maximum absolute atomic E-state index is 13.3. The summed E-state index contributed by atoms with van der Waals surface area (Å²) in [6.07, 6.45) is 4.15. The number of ether oxygens (including phenoxy) is 1. The molecule has 27 heavy (non-hydrogen) atoms. The summed E-state index contributed by atoms with van der Waals surface area (Å²) in [5.41, 5.74) is 0.209. The van der Waals surface area contributed by atoms with Crippen LogP contribution in [-0.2, 0) is 9.53 Å². The van der Waals surface area contributed by atoms with E-state index in [-0.39, 0.29) is 29.5 Å². The number of carbonyl (C=O) groups is 2. The van der Waals surface area contributed by atoms with Gasteiger partial charge in [-0.1, -0.05) is 6.92 Å². The standard InChI is InChI=1S/C19H24N4O4/c1-4-19(18(26)27-5-2)9-12-6-7-14(19)22(12)16(24)13-10-20-15-8-11(3)21-23(15)17(13)25/h8,10,12,14,21H,4-7,9H2,1-3H3/t12-,14+,19+/m1/s1. The minimum atomic E-state index is -0.675. The molecule has 8 nitrogen and oxygen atoms in total. The van der Waals surface area contributed by atoms with Gasteiger partial charge in [0.1, 0.15) is 5.56 Å². The molecular formula is C19H24N4O4. The fraction of sp³-hybridized carbons (Fsp3) is 0.579. The normalized spacial score (nSPS) is 26.7. The highest BCUT2D eigenvalue weighted by Gasteiger charge is 2.61. The number of esters is 1. The Morgan fingerprint density at radius 1 is 1.37 bits per heavy atom. The zero-order valence-corrected chi connectivity index (χ0v) is 15.8. The fourth-order valence-electron chi connectivity index (χ4n) is 4.87. The number of amides is 1. The first-order valence-corrected chi connectivity index (χ1v) is 9.50. The maximum atomic E-state index is 13.3. The van der Waals surface area contributed by atoms with Crippen LogP contribution in [0.4, 0.5) is 0 Å². The van der Waals surface area contributed by atoms with E-state index in [2.05, 4.69) is 10.1 Å². The van der Waals surface area contributed by atoms with Gasteiger partial charge in [-0.2, -0.15) is 0 Å². The number of H-pyrrole nitrogens is 1. The number of hydrogen-bond acceptors (Lipinski definition) is 5. The minimum Gasteiger partial charge on any atom is -0.466 e. The van der Waals surface area contributed by atoms with Crippen LogP contribution in [0.15, 0.2) is 17.1 Å². The lowest BCUT2D eigenvalue weighted by atomic mass is 9.72. The van der Waals surface area contributed by atoms with Gasteiger partial charge in [0.2, 0.25) is 0 Å². The van der Waals surface area contributed by atoms with Crippen LogP contribution in [0.3, 0.4) is 0 Å². The molecule has 1 N–H and O–H groups in total. The van der Waals surface area contributed by atoms with E-state index in [9.17, 15) is 14.4 Å². The van der Waals surface area contributed by atoms with Gasteiger partial charge in [0, 0.05) is 30.0 Å². The van der Waals surface area contributed by atoms with Crippen LogP contribution in [0.2, 0.25) is 0 Å². The first-order chi connectivity index (χ1) is 12.9. The number of hydrogen-bond donors (Lipinski definition) is 1. The molecule has 2 saturated heterocycles. The number of nitrogens with zero attached hydrogens (tertiary/aromatic N) is 3. The van der Waals surface area contributed by atoms with Gasteiger partial charge in [-0.05, 0) is 39.5 Å². The van der Waals surface area contributed by atoms with Gasteiger partial charge in [-0.15, -0.1) is 0 Å². The summed E-state index contributed by atoms with van der Waals surface area (Å²) < 4.78 is 6.62. The van der Waals surface area contributed by atoms with Gasteiger partial charge in [0.05, 0.1) is 12.0 Å². The lowest BCUT2D eigenvalue weighted by Crippen LogP contribution is -2.46. The average molecular weight is 372 g/mol. The maximum Gasteiger partial charge on any atom is 0.314 e. The molecule has 1 amide bonds. The van der Waals surface area contributed by atoms with Crippen LogP contribution in [0, 0.1) is 12.3 Å². The van der Waals surface area contributed by atoms with Crippen LogP contribution in [0.5, 0.6) is 0 Å². The molecule has 0 radical (unpaired) electrons. The predicted octanol–water partition coefficient (Wildman–Crippen LogP) is 1.67. The monoisotopic (exact) mass is 372 g/mol. The van der Waals surface area contributed by atoms with Gasteiger partial charge in [-0.25, -0.2) is 9.50 Å². The molecule has 2 aliphatic rings. The molecule has 0 saturated carbocycles. The fourth-order valence-corrected chi connectivity index (χ4v) is 4.87. The summed E-state index contributed by atoms with van der Waals surface area (Å²) in [6.45, 7) is 5.90. The number of fused-ring (bicyclic) bond motifs is 3. The number of aromatic amines is 1. The smallest absolute Gasteiger partial charge is 0.314 e. The third kappa shape index (κ3) is 2.42. The lowest BCUT2D eigenvalue weighted by Gasteiger charge is -2.34. The molecule has 0 aliphatic carbocycles. The molecule has 0 spiro atoms. The molecule has 4 heterocycles. The third-order valence-corrected chi connectivity index (χ3v) is 6.14. The van der Waals surface area contributed by atoms with Crippen molar-refractivity contribution in [2.45, 2.75) is 58.5 Å². The molecule has 2 aliphatic heterocycles. The van der Waals surface area contributed by atoms with E-state index in [1.165, 1.54) is 10.7 Å². The van der Waals surface area contributed by atoms with Crippen LogP contribution < -0.4 is 5.56 Å². The van der Waals surface area contributed by atoms with Gasteiger partial charge in [0.15, 0.2) is 5.65 Å². The SMILES string of the molecule is CCOC(=O)[C@@]1(CC)C[C@H]2CC[C@@H]1N2C(=O)c1cnc2cc(C)[nH]n2c1=O. The first kappa shape index (κ1) is 17.8. The minimum absolute atomic E-state index is 0.0296. The van der Waals surface area contributed by atoms with E-state index in [0.717, 1.165) is 18.5 Å². The molecule has 2 fully saturated rings. The van der Waals surface area contributed by atoms with Crippen molar-refractivity contribution in [3.8, 4) is 0 Å². The van der Waals surface area contributed by atoms with E-state index < -0.39 is 11.0 Å². The zero-order valence-electron chi connectivity index (χ0n) is 15.8. The number of carbonyl (C=O) groups excluding carboxylic acids is 2. The molecule has 3 atom stereocenters. The summed E-state index contributed by atoms with van der Waals surface area (Å²) in [4.78, 5) is 44.7. The molecule has 2 aromatic heterocycles. The molecule has 8 heteroatoms. The van der Waals surface area contributed by atoms with E-state index in [4.69, 9.17) is 4.74 Å². The van der Waals surface area contributed by atoms with E-state index in [1.54, 1.807) is 17.9 Å². The van der Waals surface area contributed by atoms with Crippen molar-refractivity contribution in [1.82, 2.24) is 19.5 Å². The van der Waals surface area contributed by atoms with Crippen molar-refractivity contribution >= 4 is 17.5 Å². The quantitative estimate of drug-likeness (QED) is 0.824. The third-order valence-electron chi connectivity index (χ3n) is 6.14. The largest absolute Gasteiger partial charge is 0.466 e. The van der Waals surface area contributed by atoms with Crippen molar-refractivity contribution in [3.05, 3.63) is 33.9 Å². The number of rotatable bonds is 4. The van der Waals surface area contributed by atoms with Crippen LogP contribution in [0.1, 0.15) is 55.6 Å². The Labute approximate surface area is 156 Å². The van der Waals surface area contributed by atoms with E-state index in [1.807, 2.05) is 13.8 Å². The van der Waals surface area contributed by atoms with Crippen molar-refractivity contribution in [2.75, 3.05) is 6.61 Å². The molecule has 4 rings (SSSR count). The van der Waals surface area contributed by atoms with Crippen molar-refractivity contribution in [2.24, 2.45) is 5.41 Å². The van der Waals surface area contributed by atoms with Gasteiger partial charge in [-0.3, -0.25) is 19.5 Å². The molecule has 0 unspecified atom stereocenters. The molecule has 144 valence electrons. The van der Waals surface area contributed by atoms with Crippen LogP contribution >= 0.6 is 0 Å². The van der Waals surface area contributed by atoms with Crippen LogP contribution in [0.25, 0.3) is 5.65 Å². The highest BCUT2D eigenvalue weighted by atomic mass is 16.5. The van der Waals surface area contributed by atoms with E-state index in [0.29, 0.717) is 25.1 Å². The molecular weight excluding hydrogens is 348 g/mol. The van der Waals surface area contributed by atoms with Gasteiger partial charge >= 0.3 is 5.97 Å². The number of aryl methyl sites for hydroxylation is 1. The summed E-state index contributed by atoms with van der Waals surface area (Å²) in [5, 5.41) is 2.91. The zero-order chi connectivity index (χ0) is 19.3. The molecule has 2 bridgehead atoms. The summed E-state index contributed by atoms with van der Waals surface area (Å²) >= 11 is 0. The average Bonchev–Trinajstić information content (AvgIpc) is 3.32. The second-order valence-electron chi connectivity index (χ2n) is 7.50. The van der Waals surface area contributed by atoms with Gasteiger partial charge < -0.3 is 9.64 Å². The molecule has 2 aromatic rings. The van der Waals surface area contributed by atoms with Gasteiger partial charge in [0.25, 0.3) is 11.5 Å². The first-order valence-electron chi connectivity index (χ1n) is 9.50. The van der Waals surface area contributed by atoms with Crippen LogP contribution in [-0.4, -0.2) is 50.1 Å². The Kier molecular flexibility index (Phi) is 4.09. The Morgan fingerprint density at radius 3 is 2.85 bits per heavy atom. The number of nitrogens with one attached hydrogen (secondary N) is 1. The van der Waals surface area contributed by atoms with E-state index >= 15 is 0 Å².